The molecule has 3 rings (SSSR count). The fourth-order valence-corrected chi connectivity index (χ4v) is 3.54. The molecule has 0 saturated carbocycles. The standard InChI is InChI=1S/C17H28N4/c1-19-10-11-20(2)16(13-19)14-21-9-8-18-12-17(21)15-6-4-3-5-7-15/h3-7,16-18H,8-14H2,1-2H3. The lowest BCUT2D eigenvalue weighted by atomic mass is 10.0. The maximum absolute atomic E-state index is 3.55. The maximum Gasteiger partial charge on any atom is 0.0473 e. The fraction of sp³-hybridized carbons (Fsp3) is 0.647. The summed E-state index contributed by atoms with van der Waals surface area (Å²) in [6.45, 7) is 8.05. The van der Waals surface area contributed by atoms with Crippen LogP contribution in [0.3, 0.4) is 0 Å². The van der Waals surface area contributed by atoms with E-state index < -0.39 is 0 Å². The van der Waals surface area contributed by atoms with Crippen LogP contribution in [0.25, 0.3) is 0 Å². The second-order valence-corrected chi connectivity index (χ2v) is 6.52. The summed E-state index contributed by atoms with van der Waals surface area (Å²) in [5.74, 6) is 0. The molecule has 0 amide bonds. The maximum atomic E-state index is 3.55. The van der Waals surface area contributed by atoms with E-state index >= 15 is 0 Å². The molecule has 116 valence electrons. The Morgan fingerprint density at radius 1 is 1.10 bits per heavy atom. The zero-order valence-corrected chi connectivity index (χ0v) is 13.3. The molecule has 2 aliphatic rings. The van der Waals surface area contributed by atoms with Gasteiger partial charge >= 0.3 is 0 Å². The molecular formula is C17H28N4. The number of hydrogen-bond donors (Lipinski definition) is 1. The molecule has 4 nitrogen and oxygen atoms in total. The lowest BCUT2D eigenvalue weighted by Gasteiger charge is -2.44. The molecule has 2 aliphatic heterocycles. The first-order valence-corrected chi connectivity index (χ1v) is 8.12. The molecule has 2 unspecified atom stereocenters. The van der Waals surface area contributed by atoms with Crippen molar-refractivity contribution >= 4 is 0 Å². The van der Waals surface area contributed by atoms with Crippen molar-refractivity contribution in [2.24, 2.45) is 0 Å². The van der Waals surface area contributed by atoms with Gasteiger partial charge in [-0.3, -0.25) is 9.80 Å². The lowest BCUT2D eigenvalue weighted by Crippen LogP contribution is -2.57. The Balaban J connectivity index is 1.69. The van der Waals surface area contributed by atoms with Crippen molar-refractivity contribution in [1.29, 1.82) is 0 Å². The number of hydrogen-bond acceptors (Lipinski definition) is 4. The van der Waals surface area contributed by atoms with Crippen molar-refractivity contribution in [3.8, 4) is 0 Å². The average Bonchev–Trinajstić information content (AvgIpc) is 2.52. The normalized spacial score (nSPS) is 29.6. The lowest BCUT2D eigenvalue weighted by molar-refractivity contribution is 0.0587. The largest absolute Gasteiger partial charge is 0.314 e. The number of rotatable bonds is 3. The Kier molecular flexibility index (Phi) is 4.91. The molecule has 2 saturated heterocycles. The third kappa shape index (κ3) is 3.64. The van der Waals surface area contributed by atoms with Crippen LogP contribution >= 0.6 is 0 Å². The molecule has 0 bridgehead atoms. The summed E-state index contributed by atoms with van der Waals surface area (Å²) in [6, 6.07) is 12.1. The smallest absolute Gasteiger partial charge is 0.0473 e. The van der Waals surface area contributed by atoms with E-state index in [1.807, 2.05) is 0 Å². The molecule has 1 aromatic carbocycles. The third-order valence-electron chi connectivity index (χ3n) is 4.96. The van der Waals surface area contributed by atoms with E-state index in [4.69, 9.17) is 0 Å². The van der Waals surface area contributed by atoms with Crippen LogP contribution in [0, 0.1) is 0 Å². The van der Waals surface area contributed by atoms with E-state index in [1.54, 1.807) is 0 Å². The van der Waals surface area contributed by atoms with Crippen LogP contribution in [-0.2, 0) is 0 Å². The van der Waals surface area contributed by atoms with Gasteiger partial charge in [-0.15, -0.1) is 0 Å². The van der Waals surface area contributed by atoms with E-state index in [0.717, 1.165) is 19.6 Å². The van der Waals surface area contributed by atoms with Gasteiger partial charge in [0.15, 0.2) is 0 Å². The van der Waals surface area contributed by atoms with E-state index in [1.165, 1.54) is 31.7 Å². The highest BCUT2D eigenvalue weighted by Crippen LogP contribution is 2.23. The number of likely N-dealkylation sites (N-methyl/N-ethyl adjacent to an activating group) is 2. The van der Waals surface area contributed by atoms with Crippen LogP contribution in [0.1, 0.15) is 11.6 Å². The third-order valence-corrected chi connectivity index (χ3v) is 4.96. The van der Waals surface area contributed by atoms with Gasteiger partial charge < -0.3 is 10.2 Å². The fourth-order valence-electron chi connectivity index (χ4n) is 3.54. The molecule has 4 heteroatoms. The second kappa shape index (κ2) is 6.88. The van der Waals surface area contributed by atoms with E-state index in [-0.39, 0.29) is 0 Å². The predicted molar refractivity (Wildman–Crippen MR) is 87.5 cm³/mol. The van der Waals surface area contributed by atoms with Gasteiger partial charge in [0.25, 0.3) is 0 Å². The first-order chi connectivity index (χ1) is 10.2. The first kappa shape index (κ1) is 15.0. The Labute approximate surface area is 128 Å². The van der Waals surface area contributed by atoms with Crippen LogP contribution in [0.5, 0.6) is 0 Å². The van der Waals surface area contributed by atoms with Crippen molar-refractivity contribution in [1.82, 2.24) is 20.0 Å². The quantitative estimate of drug-likeness (QED) is 0.891. The van der Waals surface area contributed by atoms with Gasteiger partial charge in [0.2, 0.25) is 0 Å². The number of nitrogens with one attached hydrogen (secondary N) is 1. The molecule has 0 aliphatic carbocycles. The zero-order chi connectivity index (χ0) is 14.7. The number of piperazine rings is 2. The van der Waals surface area contributed by atoms with Crippen molar-refractivity contribution in [3.05, 3.63) is 35.9 Å². The molecule has 2 atom stereocenters. The van der Waals surface area contributed by atoms with Gasteiger partial charge in [-0.1, -0.05) is 30.3 Å². The molecular weight excluding hydrogens is 260 g/mol. The summed E-state index contributed by atoms with van der Waals surface area (Å²) in [5, 5.41) is 3.55. The summed E-state index contributed by atoms with van der Waals surface area (Å²) >= 11 is 0. The van der Waals surface area contributed by atoms with E-state index in [9.17, 15) is 0 Å². The Bertz CT molecular complexity index is 436. The minimum absolute atomic E-state index is 0.514. The summed E-state index contributed by atoms with van der Waals surface area (Å²) in [7, 11) is 4.52. The first-order valence-electron chi connectivity index (χ1n) is 8.12. The van der Waals surface area contributed by atoms with Gasteiger partial charge in [0, 0.05) is 57.9 Å². The molecule has 0 radical (unpaired) electrons. The minimum Gasteiger partial charge on any atom is -0.314 e. The van der Waals surface area contributed by atoms with Gasteiger partial charge in [-0.25, -0.2) is 0 Å². The summed E-state index contributed by atoms with van der Waals surface area (Å²) in [4.78, 5) is 7.67. The molecule has 21 heavy (non-hydrogen) atoms. The molecule has 1 N–H and O–H groups in total. The van der Waals surface area contributed by atoms with Crippen LogP contribution in [-0.4, -0.2) is 80.7 Å². The predicted octanol–water partition coefficient (Wildman–Crippen LogP) is 0.879. The van der Waals surface area contributed by atoms with E-state index in [2.05, 4.69) is 64.4 Å². The molecule has 2 fully saturated rings. The van der Waals surface area contributed by atoms with Crippen molar-refractivity contribution in [2.45, 2.75) is 12.1 Å². The second-order valence-electron chi connectivity index (χ2n) is 6.52. The monoisotopic (exact) mass is 288 g/mol. The topological polar surface area (TPSA) is 21.8 Å². The molecule has 2 heterocycles. The van der Waals surface area contributed by atoms with Crippen LogP contribution in [0.2, 0.25) is 0 Å². The molecule has 1 aromatic rings. The number of benzene rings is 1. The van der Waals surface area contributed by atoms with Gasteiger partial charge in [-0.2, -0.15) is 0 Å². The summed E-state index contributed by atoms with van der Waals surface area (Å²) in [5.41, 5.74) is 1.44. The Morgan fingerprint density at radius 3 is 2.71 bits per heavy atom. The van der Waals surface area contributed by atoms with Gasteiger partial charge in [0.05, 0.1) is 0 Å². The Hall–Kier alpha value is -0.940. The van der Waals surface area contributed by atoms with Crippen molar-refractivity contribution in [2.75, 3.05) is 59.9 Å². The van der Waals surface area contributed by atoms with Crippen LogP contribution in [0.4, 0.5) is 0 Å². The summed E-state index contributed by atoms with van der Waals surface area (Å²) < 4.78 is 0. The van der Waals surface area contributed by atoms with Gasteiger partial charge in [0.1, 0.15) is 0 Å². The highest BCUT2D eigenvalue weighted by atomic mass is 15.3. The van der Waals surface area contributed by atoms with E-state index in [0.29, 0.717) is 12.1 Å². The molecule has 0 aromatic heterocycles. The van der Waals surface area contributed by atoms with Crippen LogP contribution in [0.15, 0.2) is 30.3 Å². The highest BCUT2D eigenvalue weighted by Gasteiger charge is 2.29. The van der Waals surface area contributed by atoms with Gasteiger partial charge in [-0.05, 0) is 19.7 Å². The van der Waals surface area contributed by atoms with Crippen LogP contribution < -0.4 is 5.32 Å². The van der Waals surface area contributed by atoms with Crippen molar-refractivity contribution < 1.29 is 0 Å². The zero-order valence-electron chi connectivity index (χ0n) is 13.3. The minimum atomic E-state index is 0.514. The molecule has 0 spiro atoms. The van der Waals surface area contributed by atoms with Crippen molar-refractivity contribution in [3.63, 3.8) is 0 Å². The Morgan fingerprint density at radius 2 is 1.90 bits per heavy atom. The SMILES string of the molecule is CN1CCN(C)C(CN2CCNCC2c2ccccc2)C1. The summed E-state index contributed by atoms with van der Waals surface area (Å²) in [6.07, 6.45) is 0. The highest BCUT2D eigenvalue weighted by molar-refractivity contribution is 5.20. The number of nitrogens with zero attached hydrogens (tertiary/aromatic N) is 3. The average molecular weight is 288 g/mol.